The zero-order chi connectivity index (χ0) is 18.7. The highest BCUT2D eigenvalue weighted by Gasteiger charge is 2.12. The number of aromatic nitrogens is 3. The second kappa shape index (κ2) is 11.8. The number of hydrogen-bond acceptors (Lipinski definition) is 4. The minimum Gasteiger partial charge on any atom is -0.396 e. The Bertz CT molecular complexity index is 512. The standard InChI is InChI=1S/C18H36N6O/c1-6-7-9-19-18(20-12-16(8-10-25)11-14(2)3)21-13-17-23-22-15(4)24(17)5/h14,16,25H,6-13H2,1-5H3,(H2,19,20,21). The van der Waals surface area contributed by atoms with Gasteiger partial charge in [0.15, 0.2) is 11.8 Å². The van der Waals surface area contributed by atoms with Crippen LogP contribution >= 0.6 is 0 Å². The van der Waals surface area contributed by atoms with Crippen LogP contribution < -0.4 is 10.6 Å². The fraction of sp³-hybridized carbons (Fsp3) is 0.833. The van der Waals surface area contributed by atoms with Gasteiger partial charge in [-0.05, 0) is 38.0 Å². The smallest absolute Gasteiger partial charge is 0.191 e. The molecule has 3 N–H and O–H groups in total. The number of nitrogens with one attached hydrogen (secondary N) is 2. The summed E-state index contributed by atoms with van der Waals surface area (Å²) in [5.74, 6) is 3.61. The van der Waals surface area contributed by atoms with Crippen LogP contribution in [0.2, 0.25) is 0 Å². The molecule has 0 saturated carbocycles. The van der Waals surface area contributed by atoms with E-state index in [-0.39, 0.29) is 6.61 Å². The first-order chi connectivity index (χ1) is 12.0. The van der Waals surface area contributed by atoms with Gasteiger partial charge in [0.2, 0.25) is 0 Å². The van der Waals surface area contributed by atoms with E-state index in [1.807, 2.05) is 18.5 Å². The molecular formula is C18H36N6O. The molecule has 1 aromatic heterocycles. The van der Waals surface area contributed by atoms with Gasteiger partial charge < -0.3 is 20.3 Å². The molecule has 0 aliphatic heterocycles. The number of aliphatic hydroxyl groups excluding tert-OH is 1. The van der Waals surface area contributed by atoms with Crippen molar-refractivity contribution < 1.29 is 5.11 Å². The number of aliphatic imine (C=N–C) groups is 1. The predicted octanol–water partition coefficient (Wildman–Crippen LogP) is 2.00. The Morgan fingerprint density at radius 3 is 2.60 bits per heavy atom. The molecule has 0 saturated heterocycles. The Labute approximate surface area is 152 Å². The van der Waals surface area contributed by atoms with Crippen LogP contribution in [-0.4, -0.2) is 45.5 Å². The van der Waals surface area contributed by atoms with Crippen molar-refractivity contribution in [2.24, 2.45) is 23.9 Å². The third kappa shape index (κ3) is 8.34. The molecule has 1 aromatic rings. The fourth-order valence-corrected chi connectivity index (χ4v) is 2.69. The largest absolute Gasteiger partial charge is 0.396 e. The third-order valence-electron chi connectivity index (χ3n) is 4.28. The highest BCUT2D eigenvalue weighted by Crippen LogP contribution is 2.14. The number of unbranched alkanes of at least 4 members (excludes halogenated alkanes) is 1. The quantitative estimate of drug-likeness (QED) is 0.322. The molecule has 0 aliphatic carbocycles. The second-order valence-electron chi connectivity index (χ2n) is 7.06. The molecule has 0 aromatic carbocycles. The lowest BCUT2D eigenvalue weighted by Gasteiger charge is -2.20. The first-order valence-electron chi connectivity index (χ1n) is 9.45. The molecule has 25 heavy (non-hydrogen) atoms. The van der Waals surface area contributed by atoms with Gasteiger partial charge >= 0.3 is 0 Å². The Hall–Kier alpha value is -1.63. The SMILES string of the molecule is CCCCNC(=NCc1nnc(C)n1C)NCC(CCO)CC(C)C. The van der Waals surface area contributed by atoms with Crippen molar-refractivity contribution in [3.05, 3.63) is 11.6 Å². The maximum atomic E-state index is 9.28. The number of nitrogens with zero attached hydrogens (tertiary/aromatic N) is 4. The molecular weight excluding hydrogens is 316 g/mol. The molecule has 1 atom stereocenters. The van der Waals surface area contributed by atoms with E-state index in [1.54, 1.807) is 0 Å². The molecule has 1 heterocycles. The van der Waals surface area contributed by atoms with E-state index in [2.05, 4.69) is 46.6 Å². The van der Waals surface area contributed by atoms with E-state index in [0.717, 1.165) is 56.4 Å². The van der Waals surface area contributed by atoms with E-state index >= 15 is 0 Å². The van der Waals surface area contributed by atoms with Crippen LogP contribution in [0, 0.1) is 18.8 Å². The molecule has 0 bridgehead atoms. The number of aliphatic hydroxyl groups is 1. The fourth-order valence-electron chi connectivity index (χ4n) is 2.69. The summed E-state index contributed by atoms with van der Waals surface area (Å²) in [5.41, 5.74) is 0. The van der Waals surface area contributed by atoms with Crippen molar-refractivity contribution in [3.8, 4) is 0 Å². The van der Waals surface area contributed by atoms with Crippen molar-refractivity contribution in [2.45, 2.75) is 59.9 Å². The van der Waals surface area contributed by atoms with Gasteiger partial charge in [0, 0.05) is 26.7 Å². The van der Waals surface area contributed by atoms with Crippen molar-refractivity contribution in [1.29, 1.82) is 0 Å². The van der Waals surface area contributed by atoms with Gasteiger partial charge in [-0.3, -0.25) is 0 Å². The molecule has 7 nitrogen and oxygen atoms in total. The molecule has 0 spiro atoms. The number of rotatable bonds is 11. The third-order valence-corrected chi connectivity index (χ3v) is 4.28. The predicted molar refractivity (Wildman–Crippen MR) is 102 cm³/mol. The minimum absolute atomic E-state index is 0.229. The summed E-state index contributed by atoms with van der Waals surface area (Å²) in [5, 5.41) is 24.3. The molecule has 1 unspecified atom stereocenters. The molecule has 0 aliphatic rings. The lowest BCUT2D eigenvalue weighted by atomic mass is 9.94. The monoisotopic (exact) mass is 352 g/mol. The first-order valence-corrected chi connectivity index (χ1v) is 9.45. The summed E-state index contributed by atoms with van der Waals surface area (Å²) in [6.45, 7) is 11.0. The van der Waals surface area contributed by atoms with Crippen LogP contribution in [0.15, 0.2) is 4.99 Å². The van der Waals surface area contributed by atoms with Crippen LogP contribution in [0.3, 0.4) is 0 Å². The van der Waals surface area contributed by atoms with Gasteiger partial charge in [0.05, 0.1) is 0 Å². The maximum Gasteiger partial charge on any atom is 0.191 e. The average molecular weight is 353 g/mol. The Balaban J connectivity index is 2.67. The molecule has 0 amide bonds. The molecule has 1 rings (SSSR count). The molecule has 144 valence electrons. The van der Waals surface area contributed by atoms with Crippen molar-refractivity contribution in [2.75, 3.05) is 19.7 Å². The molecule has 0 radical (unpaired) electrons. The van der Waals surface area contributed by atoms with Crippen LogP contribution in [0.25, 0.3) is 0 Å². The number of guanidine groups is 1. The van der Waals surface area contributed by atoms with Gasteiger partial charge in [0.1, 0.15) is 12.4 Å². The summed E-state index contributed by atoms with van der Waals surface area (Å²) >= 11 is 0. The van der Waals surface area contributed by atoms with Crippen LogP contribution in [0.5, 0.6) is 0 Å². The van der Waals surface area contributed by atoms with Crippen LogP contribution in [-0.2, 0) is 13.6 Å². The van der Waals surface area contributed by atoms with E-state index in [1.165, 1.54) is 0 Å². The minimum atomic E-state index is 0.229. The van der Waals surface area contributed by atoms with Gasteiger partial charge in [0.25, 0.3) is 0 Å². The zero-order valence-electron chi connectivity index (χ0n) is 16.5. The van der Waals surface area contributed by atoms with Crippen molar-refractivity contribution >= 4 is 5.96 Å². The Kier molecular flexibility index (Phi) is 10.1. The van der Waals surface area contributed by atoms with E-state index in [0.29, 0.717) is 18.4 Å². The summed E-state index contributed by atoms with van der Waals surface area (Å²) < 4.78 is 1.96. The normalized spacial score (nSPS) is 13.3. The van der Waals surface area contributed by atoms with Crippen LogP contribution in [0.1, 0.15) is 58.1 Å². The molecule has 0 fully saturated rings. The molecule has 7 heteroatoms. The van der Waals surface area contributed by atoms with Gasteiger partial charge in [-0.25, -0.2) is 4.99 Å². The Morgan fingerprint density at radius 2 is 2.04 bits per heavy atom. The van der Waals surface area contributed by atoms with Crippen molar-refractivity contribution in [1.82, 2.24) is 25.4 Å². The highest BCUT2D eigenvalue weighted by atomic mass is 16.3. The second-order valence-corrected chi connectivity index (χ2v) is 7.06. The van der Waals surface area contributed by atoms with Crippen molar-refractivity contribution in [3.63, 3.8) is 0 Å². The first kappa shape index (κ1) is 21.4. The Morgan fingerprint density at radius 1 is 1.28 bits per heavy atom. The van der Waals surface area contributed by atoms with E-state index in [9.17, 15) is 5.11 Å². The summed E-state index contributed by atoms with van der Waals surface area (Å²) in [6.07, 6.45) is 4.16. The van der Waals surface area contributed by atoms with Gasteiger partial charge in [-0.1, -0.05) is 27.2 Å². The lowest BCUT2D eigenvalue weighted by Crippen LogP contribution is -2.40. The average Bonchev–Trinajstić information content (AvgIpc) is 2.88. The lowest BCUT2D eigenvalue weighted by molar-refractivity contribution is 0.243. The van der Waals surface area contributed by atoms with Gasteiger partial charge in [-0.2, -0.15) is 0 Å². The van der Waals surface area contributed by atoms with E-state index < -0.39 is 0 Å². The van der Waals surface area contributed by atoms with Crippen LogP contribution in [0.4, 0.5) is 0 Å². The summed E-state index contributed by atoms with van der Waals surface area (Å²) in [6, 6.07) is 0. The number of aryl methyl sites for hydroxylation is 1. The van der Waals surface area contributed by atoms with E-state index in [4.69, 9.17) is 0 Å². The highest BCUT2D eigenvalue weighted by molar-refractivity contribution is 5.79. The van der Waals surface area contributed by atoms with Gasteiger partial charge in [-0.15, -0.1) is 10.2 Å². The topological polar surface area (TPSA) is 87.4 Å². The zero-order valence-corrected chi connectivity index (χ0v) is 16.5. The maximum absolute atomic E-state index is 9.28. The summed E-state index contributed by atoms with van der Waals surface area (Å²) in [7, 11) is 1.96. The number of hydrogen-bond donors (Lipinski definition) is 3. The summed E-state index contributed by atoms with van der Waals surface area (Å²) in [4.78, 5) is 4.66.